The molecule has 166 valence electrons. The first-order chi connectivity index (χ1) is 14.7. The summed E-state index contributed by atoms with van der Waals surface area (Å²) in [5.41, 5.74) is 1.03. The minimum Gasteiger partial charge on any atom is -0.495 e. The number of nitrogens with zero attached hydrogens (tertiary/aromatic N) is 1. The molecule has 1 aliphatic carbocycles. The molecule has 1 atom stereocenters. The third kappa shape index (κ3) is 5.62. The summed E-state index contributed by atoms with van der Waals surface area (Å²) < 4.78 is 31.5. The Bertz CT molecular complexity index is 1050. The zero-order valence-corrected chi connectivity index (χ0v) is 18.6. The molecule has 2 amide bonds. The van der Waals surface area contributed by atoms with Gasteiger partial charge in [0.15, 0.2) is 0 Å². The van der Waals surface area contributed by atoms with Crippen LogP contribution in [0.25, 0.3) is 0 Å². The molecule has 2 aromatic rings. The number of hydrogen-bond acceptors (Lipinski definition) is 5. The van der Waals surface area contributed by atoms with E-state index in [0.29, 0.717) is 6.42 Å². The number of rotatable bonds is 9. The number of sulfonamides is 1. The molecule has 0 bridgehead atoms. The van der Waals surface area contributed by atoms with Crippen molar-refractivity contribution in [2.24, 2.45) is 0 Å². The van der Waals surface area contributed by atoms with E-state index in [9.17, 15) is 18.0 Å². The van der Waals surface area contributed by atoms with E-state index in [1.54, 1.807) is 0 Å². The summed E-state index contributed by atoms with van der Waals surface area (Å²) in [5.74, 6) is -0.656. The lowest BCUT2D eigenvalue weighted by Crippen LogP contribution is -2.48. The van der Waals surface area contributed by atoms with E-state index in [1.807, 2.05) is 30.3 Å². The summed E-state index contributed by atoms with van der Waals surface area (Å²) in [5, 5.41) is 5.68. The predicted octanol–water partition coefficient (Wildman–Crippen LogP) is 1.57. The van der Waals surface area contributed by atoms with E-state index >= 15 is 0 Å². The molecule has 0 aliphatic heterocycles. The predicted molar refractivity (Wildman–Crippen MR) is 116 cm³/mol. The fraction of sp³-hybridized carbons (Fsp3) is 0.364. The standard InChI is InChI=1S/C22H27N3O5S/c1-25(2)31(28,29)20-14-16(9-12-19(20)30-3)21(26)24-18(22(27)23-17-10-11-17)13-15-7-5-4-6-8-15/h4-9,12,14,17-18H,10-11,13H2,1-3H3,(H,23,27)(H,24,26). The van der Waals surface area contributed by atoms with Crippen LogP contribution in [0.3, 0.4) is 0 Å². The maximum absolute atomic E-state index is 13.0. The smallest absolute Gasteiger partial charge is 0.251 e. The number of benzene rings is 2. The minimum atomic E-state index is -3.83. The van der Waals surface area contributed by atoms with Gasteiger partial charge in [-0.2, -0.15) is 0 Å². The first kappa shape index (κ1) is 22.8. The second kappa shape index (κ2) is 9.49. The zero-order valence-electron chi connectivity index (χ0n) is 17.8. The molecule has 0 aromatic heterocycles. The average molecular weight is 446 g/mol. The number of ether oxygens (including phenoxy) is 1. The van der Waals surface area contributed by atoms with Gasteiger partial charge < -0.3 is 15.4 Å². The van der Waals surface area contributed by atoms with Crippen molar-refractivity contribution in [3.05, 3.63) is 59.7 Å². The normalized spacial score (nSPS) is 14.7. The quantitative estimate of drug-likeness (QED) is 0.610. The van der Waals surface area contributed by atoms with E-state index in [2.05, 4.69) is 10.6 Å². The van der Waals surface area contributed by atoms with Crippen LogP contribution >= 0.6 is 0 Å². The van der Waals surface area contributed by atoms with Crippen molar-refractivity contribution < 1.29 is 22.7 Å². The van der Waals surface area contributed by atoms with E-state index in [-0.39, 0.29) is 28.2 Å². The van der Waals surface area contributed by atoms with Gasteiger partial charge in [-0.1, -0.05) is 30.3 Å². The monoisotopic (exact) mass is 445 g/mol. The highest BCUT2D eigenvalue weighted by Crippen LogP contribution is 2.27. The number of amides is 2. The Morgan fingerprint density at radius 3 is 2.39 bits per heavy atom. The fourth-order valence-corrected chi connectivity index (χ4v) is 4.12. The molecule has 1 fully saturated rings. The number of hydrogen-bond donors (Lipinski definition) is 2. The Morgan fingerprint density at radius 1 is 1.13 bits per heavy atom. The second-order valence-electron chi connectivity index (χ2n) is 7.65. The zero-order chi connectivity index (χ0) is 22.6. The molecule has 1 unspecified atom stereocenters. The number of carbonyl (C=O) groups is 2. The first-order valence-electron chi connectivity index (χ1n) is 9.98. The Hall–Kier alpha value is -2.91. The van der Waals surface area contributed by atoms with Crippen LogP contribution in [-0.4, -0.2) is 57.8 Å². The van der Waals surface area contributed by atoms with Gasteiger partial charge in [0.2, 0.25) is 15.9 Å². The topological polar surface area (TPSA) is 105 Å². The van der Waals surface area contributed by atoms with Crippen LogP contribution in [-0.2, 0) is 21.2 Å². The molecule has 0 radical (unpaired) electrons. The molecular weight excluding hydrogens is 418 g/mol. The molecule has 3 rings (SSSR count). The van der Waals surface area contributed by atoms with Crippen molar-refractivity contribution in [2.75, 3.05) is 21.2 Å². The summed E-state index contributed by atoms with van der Waals surface area (Å²) in [7, 11) is 0.340. The van der Waals surface area contributed by atoms with Gasteiger partial charge in [0.05, 0.1) is 7.11 Å². The Morgan fingerprint density at radius 2 is 1.81 bits per heavy atom. The van der Waals surface area contributed by atoms with Crippen LogP contribution in [0.2, 0.25) is 0 Å². The number of methoxy groups -OCH3 is 1. The van der Waals surface area contributed by atoms with Gasteiger partial charge in [-0.3, -0.25) is 9.59 Å². The highest BCUT2D eigenvalue weighted by atomic mass is 32.2. The molecule has 2 N–H and O–H groups in total. The van der Waals surface area contributed by atoms with Crippen LogP contribution < -0.4 is 15.4 Å². The van der Waals surface area contributed by atoms with Gasteiger partial charge in [0.1, 0.15) is 16.7 Å². The largest absolute Gasteiger partial charge is 0.495 e. The van der Waals surface area contributed by atoms with Crippen molar-refractivity contribution in [3.63, 3.8) is 0 Å². The van der Waals surface area contributed by atoms with E-state index in [0.717, 1.165) is 22.7 Å². The Balaban J connectivity index is 1.86. The fourth-order valence-electron chi connectivity index (χ4n) is 3.05. The van der Waals surface area contributed by atoms with Crippen molar-refractivity contribution in [1.29, 1.82) is 0 Å². The Kier molecular flexibility index (Phi) is 6.97. The van der Waals surface area contributed by atoms with Gasteiger partial charge in [0, 0.05) is 32.1 Å². The van der Waals surface area contributed by atoms with Crippen LogP contribution in [0.1, 0.15) is 28.8 Å². The number of nitrogens with one attached hydrogen (secondary N) is 2. The Labute approximate surface area is 182 Å². The van der Waals surface area contributed by atoms with Gasteiger partial charge in [-0.05, 0) is 36.6 Å². The number of carbonyl (C=O) groups excluding carboxylic acids is 2. The molecule has 1 aliphatic rings. The SMILES string of the molecule is COc1ccc(C(=O)NC(Cc2ccccc2)C(=O)NC2CC2)cc1S(=O)(=O)N(C)C. The van der Waals surface area contributed by atoms with Gasteiger partial charge in [0.25, 0.3) is 5.91 Å². The van der Waals surface area contributed by atoms with Crippen molar-refractivity contribution in [1.82, 2.24) is 14.9 Å². The maximum atomic E-state index is 13.0. The lowest BCUT2D eigenvalue weighted by atomic mass is 10.0. The summed E-state index contributed by atoms with van der Waals surface area (Å²) in [6.07, 6.45) is 2.19. The average Bonchev–Trinajstić information content (AvgIpc) is 3.57. The highest BCUT2D eigenvalue weighted by molar-refractivity contribution is 7.89. The molecule has 9 heteroatoms. The van der Waals surface area contributed by atoms with Crippen LogP contribution in [0, 0.1) is 0 Å². The van der Waals surface area contributed by atoms with Crippen molar-refractivity contribution in [2.45, 2.75) is 36.2 Å². The maximum Gasteiger partial charge on any atom is 0.251 e. The molecular formula is C22H27N3O5S. The third-order valence-corrected chi connectivity index (χ3v) is 6.85. The van der Waals surface area contributed by atoms with Gasteiger partial charge in [-0.25, -0.2) is 12.7 Å². The highest BCUT2D eigenvalue weighted by Gasteiger charge is 2.29. The summed E-state index contributed by atoms with van der Waals surface area (Å²) in [4.78, 5) is 25.6. The van der Waals surface area contributed by atoms with Gasteiger partial charge >= 0.3 is 0 Å². The molecule has 0 heterocycles. The van der Waals surface area contributed by atoms with E-state index < -0.39 is 22.0 Å². The van der Waals surface area contributed by atoms with Crippen molar-refractivity contribution in [3.8, 4) is 5.75 Å². The molecule has 0 spiro atoms. The van der Waals surface area contributed by atoms with E-state index in [1.165, 1.54) is 39.4 Å². The first-order valence-corrected chi connectivity index (χ1v) is 11.4. The summed E-state index contributed by atoms with van der Waals surface area (Å²) >= 11 is 0. The summed E-state index contributed by atoms with van der Waals surface area (Å²) in [6, 6.07) is 12.9. The second-order valence-corrected chi connectivity index (χ2v) is 9.77. The van der Waals surface area contributed by atoms with Crippen molar-refractivity contribution >= 4 is 21.8 Å². The lowest BCUT2D eigenvalue weighted by molar-refractivity contribution is -0.123. The molecule has 1 saturated carbocycles. The van der Waals surface area contributed by atoms with Crippen LogP contribution in [0.5, 0.6) is 5.75 Å². The third-order valence-electron chi connectivity index (χ3n) is 5.01. The summed E-state index contributed by atoms with van der Waals surface area (Å²) in [6.45, 7) is 0. The van der Waals surface area contributed by atoms with Crippen LogP contribution in [0.15, 0.2) is 53.4 Å². The van der Waals surface area contributed by atoms with Crippen LogP contribution in [0.4, 0.5) is 0 Å². The minimum absolute atomic E-state index is 0.116. The lowest BCUT2D eigenvalue weighted by Gasteiger charge is -2.20. The molecule has 2 aromatic carbocycles. The van der Waals surface area contributed by atoms with Gasteiger partial charge in [-0.15, -0.1) is 0 Å². The molecule has 8 nitrogen and oxygen atoms in total. The molecule has 31 heavy (non-hydrogen) atoms. The molecule has 0 saturated heterocycles. The van der Waals surface area contributed by atoms with E-state index in [4.69, 9.17) is 4.74 Å².